The topological polar surface area (TPSA) is 64.4 Å². The third-order valence-corrected chi connectivity index (χ3v) is 5.90. The van der Waals surface area contributed by atoms with Gasteiger partial charge in [-0.25, -0.2) is 8.42 Å². The molecule has 0 radical (unpaired) electrons. The van der Waals surface area contributed by atoms with E-state index in [2.05, 4.69) is 22.0 Å². The van der Waals surface area contributed by atoms with Gasteiger partial charge in [0, 0.05) is 30.7 Å². The summed E-state index contributed by atoms with van der Waals surface area (Å²) in [6.07, 6.45) is 0. The van der Waals surface area contributed by atoms with Crippen molar-refractivity contribution in [3.63, 3.8) is 0 Å². The summed E-state index contributed by atoms with van der Waals surface area (Å²) in [5, 5.41) is 8.89. The van der Waals surface area contributed by atoms with E-state index >= 15 is 0 Å². The van der Waals surface area contributed by atoms with E-state index in [-0.39, 0.29) is 6.04 Å². The number of rotatable bonds is 3. The maximum Gasteiger partial charge on any atom is 0.243 e. The molecule has 0 saturated carbocycles. The van der Waals surface area contributed by atoms with Crippen LogP contribution in [0.15, 0.2) is 33.6 Å². The highest BCUT2D eigenvalue weighted by Crippen LogP contribution is 2.20. The minimum Gasteiger partial charge on any atom is -0.286 e. The molecule has 1 aliphatic rings. The third-order valence-electron chi connectivity index (χ3n) is 3.46. The summed E-state index contributed by atoms with van der Waals surface area (Å²) in [6.45, 7) is 3.85. The Balaban J connectivity index is 2.10. The molecule has 1 aromatic rings. The number of hydrogen-bond acceptors (Lipinski definition) is 4. The lowest BCUT2D eigenvalue weighted by atomic mass is 10.2. The summed E-state index contributed by atoms with van der Waals surface area (Å²) in [5.74, 6) is 0. The Morgan fingerprint density at radius 1 is 1.20 bits per heavy atom. The minimum atomic E-state index is -3.43. The highest BCUT2D eigenvalue weighted by Gasteiger charge is 2.29. The van der Waals surface area contributed by atoms with E-state index in [1.165, 1.54) is 4.31 Å². The summed E-state index contributed by atoms with van der Waals surface area (Å²) in [5.41, 5.74) is 0. The molecular formula is C13H16BrN3O2S. The first kappa shape index (κ1) is 15.4. The predicted octanol–water partition coefficient (Wildman–Crippen LogP) is 1.67. The van der Waals surface area contributed by atoms with Gasteiger partial charge in [0.15, 0.2) is 0 Å². The first-order chi connectivity index (χ1) is 9.45. The zero-order valence-electron chi connectivity index (χ0n) is 11.2. The Morgan fingerprint density at radius 2 is 1.75 bits per heavy atom. The Hall–Kier alpha value is -0.940. The summed E-state index contributed by atoms with van der Waals surface area (Å²) >= 11 is 3.29. The van der Waals surface area contributed by atoms with E-state index in [1.807, 2.05) is 11.8 Å². The molecule has 0 N–H and O–H groups in total. The molecule has 1 saturated heterocycles. The lowest BCUT2D eigenvalue weighted by Crippen LogP contribution is -2.50. The van der Waals surface area contributed by atoms with E-state index in [9.17, 15) is 8.42 Å². The molecular weight excluding hydrogens is 342 g/mol. The van der Waals surface area contributed by atoms with Gasteiger partial charge in [0.1, 0.15) is 0 Å². The molecule has 5 nitrogen and oxygen atoms in total. The van der Waals surface area contributed by atoms with Gasteiger partial charge in [-0.15, -0.1) is 0 Å². The molecule has 0 aliphatic carbocycles. The summed E-state index contributed by atoms with van der Waals surface area (Å²) < 4.78 is 27.3. The Kier molecular flexibility index (Phi) is 4.81. The van der Waals surface area contributed by atoms with Crippen LogP contribution in [0.5, 0.6) is 0 Å². The van der Waals surface area contributed by atoms with E-state index in [4.69, 9.17) is 5.26 Å². The van der Waals surface area contributed by atoms with Gasteiger partial charge < -0.3 is 0 Å². The number of nitrogens with zero attached hydrogens (tertiary/aromatic N) is 3. The van der Waals surface area contributed by atoms with Crippen molar-refractivity contribution in [1.29, 1.82) is 5.26 Å². The van der Waals surface area contributed by atoms with Crippen molar-refractivity contribution in [2.75, 3.05) is 26.2 Å². The van der Waals surface area contributed by atoms with Crippen molar-refractivity contribution >= 4 is 26.0 Å². The number of nitriles is 1. The average Bonchev–Trinajstić information content (AvgIpc) is 2.47. The monoisotopic (exact) mass is 357 g/mol. The highest BCUT2D eigenvalue weighted by molar-refractivity contribution is 9.10. The largest absolute Gasteiger partial charge is 0.286 e. The lowest BCUT2D eigenvalue weighted by molar-refractivity contribution is 0.169. The fourth-order valence-electron chi connectivity index (χ4n) is 2.17. The maximum absolute atomic E-state index is 12.5. The molecule has 7 heteroatoms. The van der Waals surface area contributed by atoms with Gasteiger partial charge >= 0.3 is 0 Å². The highest BCUT2D eigenvalue weighted by atomic mass is 79.9. The smallest absolute Gasteiger partial charge is 0.243 e. The predicted molar refractivity (Wildman–Crippen MR) is 79.5 cm³/mol. The van der Waals surface area contributed by atoms with E-state index < -0.39 is 10.0 Å². The first-order valence-corrected chi connectivity index (χ1v) is 8.58. The molecule has 1 aromatic carbocycles. The molecule has 1 unspecified atom stereocenters. The molecule has 20 heavy (non-hydrogen) atoms. The van der Waals surface area contributed by atoms with Crippen LogP contribution in [0.1, 0.15) is 6.92 Å². The van der Waals surface area contributed by atoms with Crippen LogP contribution in [0, 0.1) is 11.3 Å². The lowest BCUT2D eigenvalue weighted by Gasteiger charge is -2.35. The first-order valence-electron chi connectivity index (χ1n) is 6.34. The van der Waals surface area contributed by atoms with Crippen LogP contribution in [0.2, 0.25) is 0 Å². The molecule has 0 spiro atoms. The molecule has 0 amide bonds. The molecule has 0 aromatic heterocycles. The third kappa shape index (κ3) is 3.20. The number of benzene rings is 1. The van der Waals surface area contributed by atoms with Gasteiger partial charge in [-0.1, -0.05) is 15.9 Å². The Morgan fingerprint density at radius 3 is 2.25 bits per heavy atom. The van der Waals surface area contributed by atoms with Crippen molar-refractivity contribution in [3.8, 4) is 6.07 Å². The van der Waals surface area contributed by atoms with E-state index in [1.54, 1.807) is 24.3 Å². The molecule has 1 fully saturated rings. The summed E-state index contributed by atoms with van der Waals surface area (Å²) in [6, 6.07) is 8.65. The standard InChI is InChI=1S/C13H16BrN3O2S/c1-11(10-15)16-6-8-17(9-7-16)20(18,19)13-4-2-12(14)3-5-13/h2-5,11H,6-9H2,1H3. The van der Waals surface area contributed by atoms with Crippen LogP contribution in [0.25, 0.3) is 0 Å². The second-order valence-electron chi connectivity index (χ2n) is 4.70. The second kappa shape index (κ2) is 6.22. The van der Waals surface area contributed by atoms with Crippen LogP contribution in [0.3, 0.4) is 0 Å². The van der Waals surface area contributed by atoms with Crippen LogP contribution >= 0.6 is 15.9 Å². The quantitative estimate of drug-likeness (QED) is 0.825. The van der Waals surface area contributed by atoms with Gasteiger partial charge in [-0.3, -0.25) is 4.90 Å². The van der Waals surface area contributed by atoms with Gasteiger partial charge in [0.2, 0.25) is 10.0 Å². The molecule has 1 heterocycles. The van der Waals surface area contributed by atoms with E-state index in [0.717, 1.165) is 4.47 Å². The van der Waals surface area contributed by atoms with Crippen LogP contribution in [0.4, 0.5) is 0 Å². The molecule has 1 atom stereocenters. The summed E-state index contributed by atoms with van der Waals surface area (Å²) in [4.78, 5) is 2.30. The second-order valence-corrected chi connectivity index (χ2v) is 7.55. The normalized spacial score (nSPS) is 19.4. The Labute approximate surface area is 128 Å². The molecule has 0 bridgehead atoms. The van der Waals surface area contributed by atoms with Crippen molar-refractivity contribution in [3.05, 3.63) is 28.7 Å². The van der Waals surface area contributed by atoms with Gasteiger partial charge in [0.05, 0.1) is 17.0 Å². The zero-order valence-corrected chi connectivity index (χ0v) is 13.6. The van der Waals surface area contributed by atoms with Crippen LogP contribution < -0.4 is 0 Å². The molecule has 1 aliphatic heterocycles. The fourth-order valence-corrected chi connectivity index (χ4v) is 3.86. The zero-order chi connectivity index (χ0) is 14.8. The number of hydrogen-bond donors (Lipinski definition) is 0. The Bertz CT molecular complexity index is 601. The average molecular weight is 358 g/mol. The van der Waals surface area contributed by atoms with Gasteiger partial charge in [-0.05, 0) is 31.2 Å². The fraction of sp³-hybridized carbons (Fsp3) is 0.462. The van der Waals surface area contributed by atoms with Crippen molar-refractivity contribution in [1.82, 2.24) is 9.21 Å². The van der Waals surface area contributed by atoms with Crippen molar-refractivity contribution in [2.24, 2.45) is 0 Å². The van der Waals surface area contributed by atoms with Crippen LogP contribution in [-0.2, 0) is 10.0 Å². The SMILES string of the molecule is CC(C#N)N1CCN(S(=O)(=O)c2ccc(Br)cc2)CC1. The maximum atomic E-state index is 12.5. The van der Waals surface area contributed by atoms with E-state index in [0.29, 0.717) is 31.1 Å². The minimum absolute atomic E-state index is 0.174. The van der Waals surface area contributed by atoms with Gasteiger partial charge in [0.25, 0.3) is 0 Å². The van der Waals surface area contributed by atoms with Crippen LogP contribution in [-0.4, -0.2) is 49.8 Å². The van der Waals surface area contributed by atoms with Crippen molar-refractivity contribution in [2.45, 2.75) is 17.9 Å². The van der Waals surface area contributed by atoms with Gasteiger partial charge in [-0.2, -0.15) is 9.57 Å². The molecule has 108 valence electrons. The number of halogens is 1. The molecule has 2 rings (SSSR count). The number of piperazine rings is 1. The number of sulfonamides is 1. The summed E-state index contributed by atoms with van der Waals surface area (Å²) in [7, 11) is -3.43. The van der Waals surface area contributed by atoms with Crippen molar-refractivity contribution < 1.29 is 8.42 Å².